The summed E-state index contributed by atoms with van der Waals surface area (Å²) in [7, 11) is 0. The van der Waals surface area contributed by atoms with Crippen LogP contribution in [-0.4, -0.2) is 41.6 Å². The number of likely N-dealkylation sites (tertiary alicyclic amines) is 1. The van der Waals surface area contributed by atoms with E-state index in [0.717, 1.165) is 28.5 Å². The minimum atomic E-state index is -0.0419. The fourth-order valence-electron chi connectivity index (χ4n) is 3.08. The van der Waals surface area contributed by atoms with Gasteiger partial charge < -0.3 is 10.2 Å². The van der Waals surface area contributed by atoms with Gasteiger partial charge in [-0.15, -0.1) is 11.8 Å². The van der Waals surface area contributed by atoms with Crippen molar-refractivity contribution in [1.82, 2.24) is 10.2 Å². The Kier molecular flexibility index (Phi) is 7.18. The van der Waals surface area contributed by atoms with Gasteiger partial charge in [0.1, 0.15) is 0 Å². The average Bonchev–Trinajstić information content (AvgIpc) is 2.70. The zero-order chi connectivity index (χ0) is 19.1. The summed E-state index contributed by atoms with van der Waals surface area (Å²) in [5.41, 5.74) is 0.676. The maximum absolute atomic E-state index is 12.4. The van der Waals surface area contributed by atoms with Gasteiger partial charge in [-0.25, -0.2) is 0 Å². The number of amides is 2. The standard InChI is InChI=1S/C21H23ClN2O2S/c22-17-6-8-19(9-7-17)27-15-12-20(25)24-13-10-18(11-14-24)23-21(26)16-4-2-1-3-5-16/h1-9,18H,10-15H2,(H,23,26). The summed E-state index contributed by atoms with van der Waals surface area (Å²) in [6.45, 7) is 1.40. The predicted octanol–water partition coefficient (Wildman–Crippen LogP) is 4.24. The number of thioether (sulfide) groups is 1. The van der Waals surface area contributed by atoms with Gasteiger partial charge in [0, 0.05) is 46.8 Å². The van der Waals surface area contributed by atoms with Gasteiger partial charge in [0.15, 0.2) is 0 Å². The number of halogens is 1. The molecule has 2 amide bonds. The van der Waals surface area contributed by atoms with Crippen LogP contribution in [-0.2, 0) is 4.79 Å². The van der Waals surface area contributed by atoms with Gasteiger partial charge in [0.2, 0.25) is 5.91 Å². The highest BCUT2D eigenvalue weighted by molar-refractivity contribution is 7.99. The highest BCUT2D eigenvalue weighted by Gasteiger charge is 2.23. The summed E-state index contributed by atoms with van der Waals surface area (Å²) in [5.74, 6) is 0.898. The fourth-order valence-corrected chi connectivity index (χ4v) is 4.04. The van der Waals surface area contributed by atoms with E-state index in [1.54, 1.807) is 11.8 Å². The van der Waals surface area contributed by atoms with Crippen LogP contribution in [0.4, 0.5) is 0 Å². The van der Waals surface area contributed by atoms with Gasteiger partial charge in [0.05, 0.1) is 0 Å². The molecular weight excluding hydrogens is 380 g/mol. The Bertz CT molecular complexity index is 760. The molecule has 1 heterocycles. The quantitative estimate of drug-likeness (QED) is 0.735. The van der Waals surface area contributed by atoms with Crippen LogP contribution in [0.25, 0.3) is 0 Å². The maximum atomic E-state index is 12.4. The molecule has 6 heteroatoms. The minimum Gasteiger partial charge on any atom is -0.349 e. The van der Waals surface area contributed by atoms with E-state index in [9.17, 15) is 9.59 Å². The number of rotatable bonds is 6. The van der Waals surface area contributed by atoms with E-state index in [1.807, 2.05) is 59.5 Å². The molecular formula is C21H23ClN2O2S. The first-order valence-electron chi connectivity index (χ1n) is 9.14. The zero-order valence-corrected chi connectivity index (χ0v) is 16.6. The first-order valence-corrected chi connectivity index (χ1v) is 10.5. The normalized spacial score (nSPS) is 14.8. The molecule has 0 atom stereocenters. The average molecular weight is 403 g/mol. The lowest BCUT2D eigenvalue weighted by molar-refractivity contribution is -0.131. The smallest absolute Gasteiger partial charge is 0.251 e. The molecule has 0 aromatic heterocycles. The number of hydrogen-bond acceptors (Lipinski definition) is 3. The number of benzene rings is 2. The first kappa shape index (κ1) is 19.8. The Morgan fingerprint density at radius 2 is 1.70 bits per heavy atom. The number of carbonyl (C=O) groups excluding carboxylic acids is 2. The number of nitrogens with one attached hydrogen (secondary N) is 1. The minimum absolute atomic E-state index is 0.0419. The molecule has 1 N–H and O–H groups in total. The summed E-state index contributed by atoms with van der Waals surface area (Å²) in [6.07, 6.45) is 2.12. The van der Waals surface area contributed by atoms with Crippen molar-refractivity contribution in [2.45, 2.75) is 30.2 Å². The van der Waals surface area contributed by atoms with Crippen molar-refractivity contribution in [2.24, 2.45) is 0 Å². The van der Waals surface area contributed by atoms with Crippen LogP contribution in [0.1, 0.15) is 29.6 Å². The third-order valence-electron chi connectivity index (χ3n) is 4.62. The third kappa shape index (κ3) is 6.01. The summed E-state index contributed by atoms with van der Waals surface area (Å²) >= 11 is 7.54. The summed E-state index contributed by atoms with van der Waals surface area (Å²) < 4.78 is 0. The number of piperidine rings is 1. The molecule has 0 spiro atoms. The van der Waals surface area contributed by atoms with Crippen LogP contribution in [0, 0.1) is 0 Å². The molecule has 142 valence electrons. The molecule has 2 aromatic rings. The molecule has 3 rings (SSSR count). The van der Waals surface area contributed by atoms with E-state index >= 15 is 0 Å². The Morgan fingerprint density at radius 3 is 2.37 bits per heavy atom. The van der Waals surface area contributed by atoms with E-state index < -0.39 is 0 Å². The van der Waals surface area contributed by atoms with Gasteiger partial charge in [-0.3, -0.25) is 9.59 Å². The molecule has 4 nitrogen and oxygen atoms in total. The van der Waals surface area contributed by atoms with E-state index in [-0.39, 0.29) is 17.9 Å². The monoisotopic (exact) mass is 402 g/mol. The molecule has 0 bridgehead atoms. The van der Waals surface area contributed by atoms with Crippen LogP contribution in [0.2, 0.25) is 5.02 Å². The van der Waals surface area contributed by atoms with Crippen molar-refractivity contribution >= 4 is 35.2 Å². The number of nitrogens with zero attached hydrogens (tertiary/aromatic N) is 1. The van der Waals surface area contributed by atoms with Gasteiger partial charge in [0.25, 0.3) is 5.91 Å². The van der Waals surface area contributed by atoms with E-state index in [4.69, 9.17) is 11.6 Å². The molecule has 0 radical (unpaired) electrons. The summed E-state index contributed by atoms with van der Waals surface area (Å²) in [5, 5.41) is 3.79. The molecule has 0 unspecified atom stereocenters. The van der Waals surface area contributed by atoms with Gasteiger partial charge in [-0.2, -0.15) is 0 Å². The van der Waals surface area contributed by atoms with Gasteiger partial charge >= 0.3 is 0 Å². The van der Waals surface area contributed by atoms with Crippen molar-refractivity contribution in [3.8, 4) is 0 Å². The van der Waals surface area contributed by atoms with Gasteiger partial charge in [-0.1, -0.05) is 29.8 Å². The predicted molar refractivity (Wildman–Crippen MR) is 110 cm³/mol. The lowest BCUT2D eigenvalue weighted by Gasteiger charge is -2.32. The molecule has 2 aromatic carbocycles. The maximum Gasteiger partial charge on any atom is 0.251 e. The molecule has 1 fully saturated rings. The van der Waals surface area contributed by atoms with E-state index in [0.29, 0.717) is 25.1 Å². The lowest BCUT2D eigenvalue weighted by Crippen LogP contribution is -2.46. The number of hydrogen-bond donors (Lipinski definition) is 1. The van der Waals surface area contributed by atoms with E-state index in [1.165, 1.54) is 0 Å². The Morgan fingerprint density at radius 1 is 1.04 bits per heavy atom. The zero-order valence-electron chi connectivity index (χ0n) is 15.1. The van der Waals surface area contributed by atoms with Gasteiger partial charge in [-0.05, 0) is 49.2 Å². The van der Waals surface area contributed by atoms with Crippen molar-refractivity contribution < 1.29 is 9.59 Å². The molecule has 0 saturated carbocycles. The Balaban J connectivity index is 1.37. The molecule has 1 saturated heterocycles. The molecule has 1 aliphatic heterocycles. The van der Waals surface area contributed by atoms with Crippen LogP contribution < -0.4 is 5.32 Å². The Labute approximate surface area is 169 Å². The highest BCUT2D eigenvalue weighted by atomic mass is 35.5. The van der Waals surface area contributed by atoms with Crippen LogP contribution >= 0.6 is 23.4 Å². The fraction of sp³-hybridized carbons (Fsp3) is 0.333. The molecule has 0 aliphatic carbocycles. The molecule has 1 aliphatic rings. The summed E-state index contributed by atoms with van der Waals surface area (Å²) in [4.78, 5) is 27.6. The van der Waals surface area contributed by atoms with Crippen LogP contribution in [0.15, 0.2) is 59.5 Å². The SMILES string of the molecule is O=C(NC1CCN(C(=O)CCSc2ccc(Cl)cc2)CC1)c1ccccc1. The van der Waals surface area contributed by atoms with Crippen molar-refractivity contribution in [2.75, 3.05) is 18.8 Å². The Hall–Kier alpha value is -1.98. The lowest BCUT2D eigenvalue weighted by atomic mass is 10.0. The molecule has 27 heavy (non-hydrogen) atoms. The third-order valence-corrected chi connectivity index (χ3v) is 5.88. The van der Waals surface area contributed by atoms with E-state index in [2.05, 4.69) is 5.32 Å². The second-order valence-electron chi connectivity index (χ2n) is 6.55. The topological polar surface area (TPSA) is 49.4 Å². The van der Waals surface area contributed by atoms with Crippen LogP contribution in [0.3, 0.4) is 0 Å². The highest BCUT2D eigenvalue weighted by Crippen LogP contribution is 2.21. The second-order valence-corrected chi connectivity index (χ2v) is 8.15. The first-order chi connectivity index (χ1) is 13.1. The number of carbonyl (C=O) groups is 2. The van der Waals surface area contributed by atoms with Crippen LogP contribution in [0.5, 0.6) is 0 Å². The largest absolute Gasteiger partial charge is 0.349 e. The van der Waals surface area contributed by atoms with Crippen molar-refractivity contribution in [3.05, 3.63) is 65.2 Å². The van der Waals surface area contributed by atoms with Crippen molar-refractivity contribution in [3.63, 3.8) is 0 Å². The van der Waals surface area contributed by atoms with Crippen molar-refractivity contribution in [1.29, 1.82) is 0 Å². The summed E-state index contributed by atoms with van der Waals surface area (Å²) in [6, 6.07) is 17.0. The second kappa shape index (κ2) is 9.81.